The minimum Gasteiger partial charge on any atom is -0.400 e. The van der Waals surface area contributed by atoms with E-state index in [9.17, 15) is 0 Å². The number of ether oxygens (including phenoxy) is 1. The molecular formula is C34H52O2. The molecule has 36 heavy (non-hydrogen) atoms. The summed E-state index contributed by atoms with van der Waals surface area (Å²) in [5.74, 6) is 0. The molecule has 0 aliphatic heterocycles. The standard InChI is InChI=1S/C29H36.C2H6O.C2H6.CH4O/c1-6-28(4,25-18-12-8-13-19-25)23-29(5,26-20-14-9-15-21-26)22-27(2,3)24-16-10-7-11-17-24;1-3-2;2*1-2/h7-21H,6,22-23H2,1-5H3;1-2H3;1-2H3;2H,1H3. The van der Waals surface area contributed by atoms with Crippen molar-refractivity contribution in [3.63, 3.8) is 0 Å². The first-order valence-corrected chi connectivity index (χ1v) is 13.2. The Morgan fingerprint density at radius 3 is 1.19 bits per heavy atom. The van der Waals surface area contributed by atoms with Crippen molar-refractivity contribution in [1.29, 1.82) is 0 Å². The van der Waals surface area contributed by atoms with E-state index in [0.29, 0.717) is 0 Å². The van der Waals surface area contributed by atoms with Crippen molar-refractivity contribution < 1.29 is 9.84 Å². The van der Waals surface area contributed by atoms with Crippen LogP contribution >= 0.6 is 0 Å². The molecule has 2 unspecified atom stereocenters. The van der Waals surface area contributed by atoms with Crippen molar-refractivity contribution in [2.24, 2.45) is 0 Å². The first kappa shape index (κ1) is 33.6. The lowest BCUT2D eigenvalue weighted by molar-refractivity contribution is 0.241. The lowest BCUT2D eigenvalue weighted by atomic mass is 9.60. The highest BCUT2D eigenvalue weighted by Gasteiger charge is 2.40. The van der Waals surface area contributed by atoms with Crippen LogP contribution in [0, 0.1) is 0 Å². The first-order chi connectivity index (χ1) is 17.2. The van der Waals surface area contributed by atoms with E-state index < -0.39 is 0 Å². The van der Waals surface area contributed by atoms with E-state index in [1.165, 1.54) is 16.7 Å². The van der Waals surface area contributed by atoms with E-state index in [4.69, 9.17) is 5.11 Å². The average molecular weight is 493 g/mol. The van der Waals surface area contributed by atoms with Crippen molar-refractivity contribution in [1.82, 2.24) is 0 Å². The van der Waals surface area contributed by atoms with Crippen LogP contribution in [0.2, 0.25) is 0 Å². The molecule has 0 heterocycles. The Hall–Kier alpha value is -2.42. The van der Waals surface area contributed by atoms with Crippen LogP contribution in [0.25, 0.3) is 0 Å². The molecule has 0 spiro atoms. The summed E-state index contributed by atoms with van der Waals surface area (Å²) >= 11 is 0. The zero-order valence-corrected chi connectivity index (χ0v) is 24.6. The Bertz CT molecular complexity index is 906. The summed E-state index contributed by atoms with van der Waals surface area (Å²) in [5.41, 5.74) is 4.61. The maximum Gasteiger partial charge on any atom is 0.0351 e. The Labute approximate surface area is 222 Å². The fourth-order valence-corrected chi connectivity index (χ4v) is 5.21. The zero-order valence-electron chi connectivity index (χ0n) is 24.6. The zero-order chi connectivity index (χ0) is 27.7. The van der Waals surface area contributed by atoms with Crippen molar-refractivity contribution in [2.45, 2.75) is 84.0 Å². The normalized spacial score (nSPS) is 13.8. The van der Waals surface area contributed by atoms with Gasteiger partial charge in [0.1, 0.15) is 0 Å². The molecule has 3 rings (SSSR count). The second-order valence-corrected chi connectivity index (χ2v) is 10.2. The summed E-state index contributed by atoms with van der Waals surface area (Å²) in [6.45, 7) is 16.0. The van der Waals surface area contributed by atoms with E-state index in [1.54, 1.807) is 14.2 Å². The van der Waals surface area contributed by atoms with Gasteiger partial charge < -0.3 is 9.84 Å². The molecule has 0 radical (unpaired) electrons. The smallest absolute Gasteiger partial charge is 0.0351 e. The third kappa shape index (κ3) is 9.91. The van der Waals surface area contributed by atoms with Crippen LogP contribution in [0.4, 0.5) is 0 Å². The Morgan fingerprint density at radius 1 is 0.556 bits per heavy atom. The maximum absolute atomic E-state index is 7.00. The number of rotatable bonds is 8. The SMILES string of the molecule is CC.CCC(C)(CC(C)(CC(C)(C)c1ccccc1)c1ccccc1)c1ccccc1.CO.COC. The van der Waals surface area contributed by atoms with Crippen molar-refractivity contribution in [2.75, 3.05) is 21.3 Å². The van der Waals surface area contributed by atoms with Crippen LogP contribution in [0.15, 0.2) is 91.0 Å². The van der Waals surface area contributed by atoms with Gasteiger partial charge >= 0.3 is 0 Å². The van der Waals surface area contributed by atoms with Gasteiger partial charge in [-0.15, -0.1) is 0 Å². The van der Waals surface area contributed by atoms with Crippen LogP contribution in [0.1, 0.15) is 84.4 Å². The number of benzene rings is 3. The summed E-state index contributed by atoms with van der Waals surface area (Å²) in [5, 5.41) is 7.00. The van der Waals surface area contributed by atoms with Gasteiger partial charge in [-0.05, 0) is 52.2 Å². The van der Waals surface area contributed by atoms with Gasteiger partial charge in [0.2, 0.25) is 0 Å². The predicted octanol–water partition coefficient (Wildman–Crippen LogP) is 8.97. The molecule has 2 atom stereocenters. The highest BCUT2D eigenvalue weighted by Crippen LogP contribution is 2.47. The topological polar surface area (TPSA) is 29.5 Å². The van der Waals surface area contributed by atoms with Crippen molar-refractivity contribution >= 4 is 0 Å². The number of aliphatic hydroxyl groups excluding tert-OH is 1. The Morgan fingerprint density at radius 2 is 0.861 bits per heavy atom. The number of hydrogen-bond acceptors (Lipinski definition) is 2. The fraction of sp³-hybridized carbons (Fsp3) is 0.471. The minimum absolute atomic E-state index is 0.0706. The minimum atomic E-state index is 0.0706. The highest BCUT2D eigenvalue weighted by atomic mass is 16.4. The second-order valence-electron chi connectivity index (χ2n) is 10.2. The van der Waals surface area contributed by atoms with Crippen LogP contribution in [-0.2, 0) is 21.0 Å². The highest BCUT2D eigenvalue weighted by molar-refractivity contribution is 5.33. The van der Waals surface area contributed by atoms with Gasteiger partial charge in [0.25, 0.3) is 0 Å². The van der Waals surface area contributed by atoms with Gasteiger partial charge in [-0.3, -0.25) is 0 Å². The van der Waals surface area contributed by atoms with E-state index >= 15 is 0 Å². The van der Waals surface area contributed by atoms with Crippen molar-refractivity contribution in [3.05, 3.63) is 108 Å². The Kier molecular flexibility index (Phi) is 16.0. The molecule has 200 valence electrons. The summed E-state index contributed by atoms with van der Waals surface area (Å²) in [6.07, 6.45) is 3.36. The molecule has 1 N–H and O–H groups in total. The molecule has 0 amide bonds. The summed E-state index contributed by atoms with van der Waals surface area (Å²) in [7, 11) is 4.25. The summed E-state index contributed by atoms with van der Waals surface area (Å²) < 4.78 is 4.25. The molecule has 2 heteroatoms. The van der Waals surface area contributed by atoms with E-state index in [1.807, 2.05) is 13.8 Å². The largest absolute Gasteiger partial charge is 0.400 e. The third-order valence-electron chi connectivity index (χ3n) is 6.89. The van der Waals surface area contributed by atoms with Crippen LogP contribution in [-0.4, -0.2) is 26.4 Å². The molecule has 0 saturated heterocycles. The quantitative estimate of drug-likeness (QED) is 0.340. The van der Waals surface area contributed by atoms with E-state index in [-0.39, 0.29) is 16.2 Å². The predicted molar refractivity (Wildman–Crippen MR) is 159 cm³/mol. The molecule has 3 aromatic carbocycles. The van der Waals surface area contributed by atoms with Gasteiger partial charge in [-0.1, -0.05) is 139 Å². The number of hydrogen-bond donors (Lipinski definition) is 1. The average Bonchev–Trinajstić information content (AvgIpc) is 2.92. The lowest BCUT2D eigenvalue weighted by Gasteiger charge is -2.44. The molecule has 3 aromatic rings. The molecule has 0 bridgehead atoms. The number of aliphatic hydroxyl groups is 1. The van der Waals surface area contributed by atoms with Gasteiger partial charge in [-0.25, -0.2) is 0 Å². The molecule has 0 aromatic heterocycles. The van der Waals surface area contributed by atoms with Crippen LogP contribution in [0.5, 0.6) is 0 Å². The summed E-state index contributed by atoms with van der Waals surface area (Å²) in [4.78, 5) is 0. The molecule has 0 fully saturated rings. The first-order valence-electron chi connectivity index (χ1n) is 13.2. The third-order valence-corrected chi connectivity index (χ3v) is 6.89. The lowest BCUT2D eigenvalue weighted by Crippen LogP contribution is -2.38. The number of methoxy groups -OCH3 is 1. The van der Waals surface area contributed by atoms with Crippen LogP contribution in [0.3, 0.4) is 0 Å². The second kappa shape index (κ2) is 17.1. The van der Waals surface area contributed by atoms with Gasteiger partial charge in [0, 0.05) is 21.3 Å². The van der Waals surface area contributed by atoms with Gasteiger partial charge in [0.05, 0.1) is 0 Å². The van der Waals surface area contributed by atoms with E-state index in [0.717, 1.165) is 26.4 Å². The Balaban J connectivity index is 0.00000159. The monoisotopic (exact) mass is 492 g/mol. The fourth-order valence-electron chi connectivity index (χ4n) is 5.21. The molecule has 0 aliphatic carbocycles. The molecule has 2 nitrogen and oxygen atoms in total. The van der Waals surface area contributed by atoms with Gasteiger partial charge in [0.15, 0.2) is 0 Å². The molecule has 0 saturated carbocycles. The van der Waals surface area contributed by atoms with E-state index in [2.05, 4.69) is 130 Å². The van der Waals surface area contributed by atoms with Crippen molar-refractivity contribution in [3.8, 4) is 0 Å². The molecule has 0 aliphatic rings. The maximum atomic E-state index is 7.00. The van der Waals surface area contributed by atoms with Crippen LogP contribution < -0.4 is 0 Å². The molecular weight excluding hydrogens is 440 g/mol. The van der Waals surface area contributed by atoms with Gasteiger partial charge in [-0.2, -0.15) is 0 Å². The summed E-state index contributed by atoms with van der Waals surface area (Å²) in [6, 6.07) is 33.2.